The number of carbonyl (C=O) groups is 1. The summed E-state index contributed by atoms with van der Waals surface area (Å²) < 4.78 is 2.12. The van der Waals surface area contributed by atoms with Gasteiger partial charge in [0, 0.05) is 4.47 Å². The van der Waals surface area contributed by atoms with E-state index in [9.17, 15) is 9.59 Å². The molecule has 0 aliphatic heterocycles. The van der Waals surface area contributed by atoms with Crippen molar-refractivity contribution in [3.8, 4) is 0 Å². The van der Waals surface area contributed by atoms with Crippen molar-refractivity contribution < 1.29 is 4.79 Å². The number of benzene rings is 2. The second kappa shape index (κ2) is 8.39. The molecule has 0 fully saturated rings. The number of H-pyrrole nitrogens is 1. The van der Waals surface area contributed by atoms with Gasteiger partial charge in [0.25, 0.3) is 5.56 Å². The summed E-state index contributed by atoms with van der Waals surface area (Å²) in [6, 6.07) is 12.8. The molecular weight excluding hydrogens is 446 g/mol. The number of imidazole rings is 1. The molecule has 2 N–H and O–H groups in total. The van der Waals surface area contributed by atoms with Crippen molar-refractivity contribution in [3.63, 3.8) is 0 Å². The van der Waals surface area contributed by atoms with Crippen molar-refractivity contribution in [2.24, 2.45) is 5.92 Å². The average Bonchev–Trinajstić information content (AvgIpc) is 3.14. The van der Waals surface area contributed by atoms with Crippen molar-refractivity contribution in [3.05, 3.63) is 69.4 Å². The number of nitrogens with one attached hydrogen (secondary N) is 2. The fraction of sp³-hybridized carbons (Fsp3) is 0.273. The zero-order valence-corrected chi connectivity index (χ0v) is 18.3. The minimum atomic E-state index is -0.275. The number of para-hydroxylation sites is 2. The smallest absolute Gasteiger partial charge is 0.261 e. The highest BCUT2D eigenvalue weighted by Crippen LogP contribution is 2.22. The molecule has 30 heavy (non-hydrogen) atoms. The van der Waals surface area contributed by atoms with E-state index in [2.05, 4.69) is 50.0 Å². The first-order valence-corrected chi connectivity index (χ1v) is 10.6. The quantitative estimate of drug-likeness (QED) is 0.449. The Bertz CT molecular complexity index is 1240. The maximum atomic E-state index is 12.8. The van der Waals surface area contributed by atoms with E-state index in [1.54, 1.807) is 12.1 Å². The van der Waals surface area contributed by atoms with E-state index in [4.69, 9.17) is 0 Å². The van der Waals surface area contributed by atoms with Crippen LogP contribution in [-0.4, -0.2) is 25.4 Å². The molecule has 2 aromatic heterocycles. The average molecular weight is 468 g/mol. The van der Waals surface area contributed by atoms with Gasteiger partial charge in [0.2, 0.25) is 5.91 Å². The van der Waals surface area contributed by atoms with Crippen LogP contribution in [0.4, 0.5) is 0 Å². The monoisotopic (exact) mass is 467 g/mol. The van der Waals surface area contributed by atoms with Gasteiger partial charge in [-0.2, -0.15) is 0 Å². The number of aromatic amines is 1. The summed E-state index contributed by atoms with van der Waals surface area (Å²) in [6.45, 7) is 4.08. The van der Waals surface area contributed by atoms with Crippen LogP contribution in [0.2, 0.25) is 0 Å². The first-order valence-electron chi connectivity index (χ1n) is 9.79. The van der Waals surface area contributed by atoms with Crippen LogP contribution in [0.15, 0.2) is 58.1 Å². The van der Waals surface area contributed by atoms with Gasteiger partial charge in [0.1, 0.15) is 12.4 Å². The molecule has 0 aliphatic carbocycles. The van der Waals surface area contributed by atoms with Gasteiger partial charge in [-0.05, 0) is 42.7 Å². The summed E-state index contributed by atoms with van der Waals surface area (Å²) in [4.78, 5) is 37.8. The Hall–Kier alpha value is -3.00. The lowest BCUT2D eigenvalue weighted by Crippen LogP contribution is -2.35. The van der Waals surface area contributed by atoms with Gasteiger partial charge in [0.15, 0.2) is 0 Å². The molecule has 1 unspecified atom stereocenters. The molecule has 2 aromatic carbocycles. The Morgan fingerprint density at radius 2 is 2.00 bits per heavy atom. The molecule has 0 spiro atoms. The number of amides is 1. The second-order valence-electron chi connectivity index (χ2n) is 7.73. The van der Waals surface area contributed by atoms with E-state index in [0.29, 0.717) is 22.6 Å². The fourth-order valence-electron chi connectivity index (χ4n) is 3.49. The number of hydrogen-bond acceptors (Lipinski definition) is 4. The predicted octanol–water partition coefficient (Wildman–Crippen LogP) is 3.94. The Morgan fingerprint density at radius 1 is 1.20 bits per heavy atom. The van der Waals surface area contributed by atoms with Crippen molar-refractivity contribution in [1.29, 1.82) is 0 Å². The highest BCUT2D eigenvalue weighted by molar-refractivity contribution is 9.10. The molecular formula is C22H22BrN5O2. The molecule has 8 heteroatoms. The highest BCUT2D eigenvalue weighted by atomic mass is 79.9. The highest BCUT2D eigenvalue weighted by Gasteiger charge is 2.20. The summed E-state index contributed by atoms with van der Waals surface area (Å²) in [5.74, 6) is 0.802. The molecule has 154 valence electrons. The number of nitrogens with zero attached hydrogens (tertiary/aromatic N) is 3. The van der Waals surface area contributed by atoms with Gasteiger partial charge >= 0.3 is 0 Å². The van der Waals surface area contributed by atoms with E-state index in [1.807, 2.05) is 30.3 Å². The second-order valence-corrected chi connectivity index (χ2v) is 8.64. The zero-order valence-electron chi connectivity index (χ0n) is 16.7. The molecule has 0 aliphatic rings. The van der Waals surface area contributed by atoms with Crippen LogP contribution < -0.4 is 10.9 Å². The van der Waals surface area contributed by atoms with Gasteiger partial charge < -0.3 is 10.3 Å². The van der Waals surface area contributed by atoms with Crippen LogP contribution in [0.3, 0.4) is 0 Å². The molecule has 1 amide bonds. The number of aromatic nitrogens is 4. The fourth-order valence-corrected chi connectivity index (χ4v) is 3.85. The Labute approximate surface area is 181 Å². The normalized spacial score (nSPS) is 12.5. The number of rotatable bonds is 6. The summed E-state index contributed by atoms with van der Waals surface area (Å²) >= 11 is 3.37. The molecule has 0 bridgehead atoms. The third-order valence-corrected chi connectivity index (χ3v) is 5.37. The summed E-state index contributed by atoms with van der Waals surface area (Å²) in [7, 11) is 0. The molecule has 4 aromatic rings. The Morgan fingerprint density at radius 3 is 2.77 bits per heavy atom. The van der Waals surface area contributed by atoms with Crippen molar-refractivity contribution in [1.82, 2.24) is 24.8 Å². The minimum absolute atomic E-state index is 0.108. The van der Waals surface area contributed by atoms with Crippen molar-refractivity contribution in [2.75, 3.05) is 0 Å². The van der Waals surface area contributed by atoms with E-state index in [0.717, 1.165) is 21.9 Å². The van der Waals surface area contributed by atoms with Crippen LogP contribution in [0.5, 0.6) is 0 Å². The topological polar surface area (TPSA) is 92.7 Å². The lowest BCUT2D eigenvalue weighted by atomic mass is 10.0. The number of carbonyl (C=O) groups excluding carboxylic acids is 1. The number of halogens is 1. The molecule has 0 saturated carbocycles. The van der Waals surface area contributed by atoms with Crippen molar-refractivity contribution in [2.45, 2.75) is 32.9 Å². The van der Waals surface area contributed by atoms with E-state index in [1.165, 1.54) is 10.9 Å². The maximum absolute atomic E-state index is 12.8. The van der Waals surface area contributed by atoms with Gasteiger partial charge in [-0.25, -0.2) is 9.97 Å². The Kier molecular flexibility index (Phi) is 5.67. The zero-order chi connectivity index (χ0) is 21.3. The van der Waals surface area contributed by atoms with Crippen LogP contribution >= 0.6 is 15.9 Å². The van der Waals surface area contributed by atoms with Crippen molar-refractivity contribution >= 4 is 43.8 Å². The largest absolute Gasteiger partial charge is 0.345 e. The maximum Gasteiger partial charge on any atom is 0.261 e. The minimum Gasteiger partial charge on any atom is -0.345 e. The lowest BCUT2D eigenvalue weighted by Gasteiger charge is -2.19. The standard InChI is InChI=1S/C22H22BrN5O2/c1-13(2)9-19(21-26-17-5-3-4-6-18(17)27-21)25-20(29)11-28-12-24-16-8-7-14(23)10-15(16)22(28)30/h3-8,10,12-13,19H,9,11H2,1-2H3,(H,25,29)(H,26,27). The van der Waals surface area contributed by atoms with Crippen LogP contribution in [0.1, 0.15) is 32.1 Å². The predicted molar refractivity (Wildman–Crippen MR) is 120 cm³/mol. The molecule has 7 nitrogen and oxygen atoms in total. The summed E-state index contributed by atoms with van der Waals surface area (Å²) in [5, 5.41) is 3.50. The number of fused-ring (bicyclic) bond motifs is 2. The first kappa shape index (κ1) is 20.3. The van der Waals surface area contributed by atoms with Crippen LogP contribution in [0, 0.1) is 5.92 Å². The SMILES string of the molecule is CC(C)CC(NC(=O)Cn1cnc2ccc(Br)cc2c1=O)c1nc2ccccc2[nH]1. The first-order chi connectivity index (χ1) is 14.4. The molecule has 1 atom stereocenters. The summed E-state index contributed by atoms with van der Waals surface area (Å²) in [6.07, 6.45) is 2.14. The van der Waals surface area contributed by atoms with Gasteiger partial charge in [-0.3, -0.25) is 14.2 Å². The molecule has 0 radical (unpaired) electrons. The van der Waals surface area contributed by atoms with Crippen LogP contribution in [0.25, 0.3) is 21.9 Å². The number of hydrogen-bond donors (Lipinski definition) is 2. The van der Waals surface area contributed by atoms with Crippen LogP contribution in [-0.2, 0) is 11.3 Å². The third kappa shape index (κ3) is 4.28. The van der Waals surface area contributed by atoms with E-state index in [-0.39, 0.29) is 24.1 Å². The Balaban J connectivity index is 1.58. The molecule has 0 saturated heterocycles. The summed E-state index contributed by atoms with van der Waals surface area (Å²) in [5.41, 5.74) is 2.13. The molecule has 2 heterocycles. The van der Waals surface area contributed by atoms with Gasteiger partial charge in [-0.15, -0.1) is 0 Å². The van der Waals surface area contributed by atoms with Gasteiger partial charge in [0.05, 0.1) is 34.3 Å². The third-order valence-electron chi connectivity index (χ3n) is 4.88. The van der Waals surface area contributed by atoms with Gasteiger partial charge in [-0.1, -0.05) is 41.9 Å². The van der Waals surface area contributed by atoms with E-state index < -0.39 is 0 Å². The van der Waals surface area contributed by atoms with E-state index >= 15 is 0 Å². The molecule has 4 rings (SSSR count). The lowest BCUT2D eigenvalue weighted by molar-refractivity contribution is -0.122.